The van der Waals surface area contributed by atoms with Gasteiger partial charge in [-0.15, -0.1) is 0 Å². The minimum atomic E-state index is -0.600. The molecule has 0 aliphatic rings. The monoisotopic (exact) mass is 252 g/mol. The Hall–Kier alpha value is -1.13. The zero-order valence-corrected chi connectivity index (χ0v) is 11.7. The summed E-state index contributed by atoms with van der Waals surface area (Å²) in [5.74, 6) is 0.712. The molecule has 0 saturated heterocycles. The Morgan fingerprint density at radius 2 is 2.17 bits per heavy atom. The zero-order valence-electron chi connectivity index (χ0n) is 11.7. The second kappa shape index (κ2) is 7.34. The fourth-order valence-electron chi connectivity index (χ4n) is 1.97. The number of aliphatic hydroxyl groups is 1. The van der Waals surface area contributed by atoms with E-state index in [-0.39, 0.29) is 12.1 Å². The third-order valence-electron chi connectivity index (χ3n) is 2.84. The van der Waals surface area contributed by atoms with E-state index >= 15 is 0 Å². The molecule has 1 rings (SSSR count). The first-order valence-electron chi connectivity index (χ1n) is 6.56. The van der Waals surface area contributed by atoms with E-state index in [0.29, 0.717) is 5.75 Å². The van der Waals surface area contributed by atoms with Crippen LogP contribution in [0.4, 0.5) is 0 Å². The van der Waals surface area contributed by atoms with Crippen LogP contribution in [0.2, 0.25) is 0 Å². The van der Waals surface area contributed by atoms with Crippen LogP contribution in [0.5, 0.6) is 5.75 Å². The molecule has 102 valence electrons. The van der Waals surface area contributed by atoms with Crippen molar-refractivity contribution >= 4 is 0 Å². The lowest BCUT2D eigenvalue weighted by molar-refractivity contribution is 0.120. The van der Waals surface area contributed by atoms with Crippen molar-refractivity contribution in [2.45, 2.75) is 51.9 Å². The Morgan fingerprint density at radius 3 is 2.72 bits per heavy atom. The van der Waals surface area contributed by atoms with Gasteiger partial charge < -0.3 is 15.2 Å². The van der Waals surface area contributed by atoms with Gasteiger partial charge in [0.15, 0.2) is 0 Å². The third kappa shape index (κ3) is 3.96. The van der Waals surface area contributed by atoms with E-state index in [2.05, 4.69) is 17.2 Å². The predicted octanol–water partition coefficient (Wildman–Crippen LogP) is 2.29. The van der Waals surface area contributed by atoms with Gasteiger partial charge >= 0.3 is 0 Å². The van der Waals surface area contributed by atoms with Crippen LogP contribution in [0.15, 0.2) is 18.5 Å². The maximum absolute atomic E-state index is 10.4. The highest BCUT2D eigenvalue weighted by atomic mass is 16.5. The van der Waals surface area contributed by atoms with Gasteiger partial charge in [-0.3, -0.25) is 4.98 Å². The summed E-state index contributed by atoms with van der Waals surface area (Å²) >= 11 is 0. The van der Waals surface area contributed by atoms with Crippen LogP contribution in [0.1, 0.15) is 45.3 Å². The summed E-state index contributed by atoms with van der Waals surface area (Å²) in [6.45, 7) is 6.04. The molecule has 0 amide bonds. The first kappa shape index (κ1) is 14.9. The Morgan fingerprint density at radius 1 is 1.44 bits per heavy atom. The van der Waals surface area contributed by atoms with Gasteiger partial charge in [-0.05, 0) is 33.4 Å². The van der Waals surface area contributed by atoms with Gasteiger partial charge in [0.05, 0.1) is 12.2 Å². The van der Waals surface area contributed by atoms with Crippen LogP contribution < -0.4 is 10.1 Å². The van der Waals surface area contributed by atoms with Gasteiger partial charge in [-0.2, -0.15) is 0 Å². The molecule has 0 aliphatic carbocycles. The molecule has 0 aliphatic heterocycles. The highest BCUT2D eigenvalue weighted by molar-refractivity contribution is 5.33. The van der Waals surface area contributed by atoms with Crippen molar-refractivity contribution in [2.24, 2.45) is 0 Å². The van der Waals surface area contributed by atoms with E-state index in [1.807, 2.05) is 20.9 Å². The number of ether oxygens (including phenoxy) is 1. The number of likely N-dealkylation sites (N-methyl/N-ethyl adjacent to an activating group) is 1. The summed E-state index contributed by atoms with van der Waals surface area (Å²) in [7, 11) is 1.86. The van der Waals surface area contributed by atoms with Gasteiger partial charge in [-0.1, -0.05) is 13.3 Å². The molecule has 0 aromatic carbocycles. The van der Waals surface area contributed by atoms with Crippen molar-refractivity contribution in [3.05, 3.63) is 24.0 Å². The number of hydrogen-bond acceptors (Lipinski definition) is 4. The van der Waals surface area contributed by atoms with Crippen LogP contribution in [0.25, 0.3) is 0 Å². The second-order valence-corrected chi connectivity index (χ2v) is 4.71. The summed E-state index contributed by atoms with van der Waals surface area (Å²) in [5, 5.41) is 13.6. The molecular formula is C14H24N2O2. The Labute approximate surface area is 109 Å². The number of rotatable bonds is 7. The maximum Gasteiger partial charge on any atom is 0.128 e. The average Bonchev–Trinajstić information content (AvgIpc) is 2.35. The quantitative estimate of drug-likeness (QED) is 0.782. The van der Waals surface area contributed by atoms with Crippen LogP contribution in [-0.2, 0) is 0 Å². The van der Waals surface area contributed by atoms with Crippen LogP contribution in [0, 0.1) is 0 Å². The Balaban J connectivity index is 2.92. The standard InChI is InChI=1S/C14H24N2O2/c1-5-6-12(15-4)14(17)11-9-16-8-7-13(11)18-10(2)3/h7-10,12,14-15,17H,5-6H2,1-4H3/t12-,14?/m1/s1. The Kier molecular flexibility index (Phi) is 6.09. The minimum Gasteiger partial charge on any atom is -0.491 e. The molecular weight excluding hydrogens is 228 g/mol. The fraction of sp³-hybridized carbons (Fsp3) is 0.643. The molecule has 0 fully saturated rings. The third-order valence-corrected chi connectivity index (χ3v) is 2.84. The topological polar surface area (TPSA) is 54.4 Å². The van der Waals surface area contributed by atoms with Gasteiger partial charge in [0.2, 0.25) is 0 Å². The van der Waals surface area contributed by atoms with Crippen molar-refractivity contribution in [3.8, 4) is 5.75 Å². The number of aliphatic hydroxyl groups excluding tert-OH is 1. The van der Waals surface area contributed by atoms with E-state index in [1.54, 1.807) is 18.5 Å². The smallest absolute Gasteiger partial charge is 0.128 e. The molecule has 4 heteroatoms. The first-order chi connectivity index (χ1) is 8.60. The van der Waals surface area contributed by atoms with Crippen LogP contribution >= 0.6 is 0 Å². The minimum absolute atomic E-state index is 0.0220. The number of pyridine rings is 1. The van der Waals surface area contributed by atoms with Gasteiger partial charge in [0.1, 0.15) is 5.75 Å². The summed E-state index contributed by atoms with van der Waals surface area (Å²) in [6, 6.07) is 1.82. The lowest BCUT2D eigenvalue weighted by Gasteiger charge is -2.24. The SMILES string of the molecule is CCC[C@@H](NC)C(O)c1cnccc1OC(C)C. The first-order valence-corrected chi connectivity index (χ1v) is 6.56. The van der Waals surface area contributed by atoms with Gasteiger partial charge in [0, 0.05) is 24.0 Å². The number of aromatic nitrogens is 1. The molecule has 4 nitrogen and oxygen atoms in total. The van der Waals surface area contributed by atoms with Crippen molar-refractivity contribution in [1.82, 2.24) is 10.3 Å². The lowest BCUT2D eigenvalue weighted by Crippen LogP contribution is -2.32. The fourth-order valence-corrected chi connectivity index (χ4v) is 1.97. The van der Waals surface area contributed by atoms with Crippen molar-refractivity contribution in [3.63, 3.8) is 0 Å². The van der Waals surface area contributed by atoms with Crippen LogP contribution in [0.3, 0.4) is 0 Å². The molecule has 2 N–H and O–H groups in total. The van der Waals surface area contributed by atoms with Crippen LogP contribution in [-0.4, -0.2) is 29.3 Å². The number of nitrogens with one attached hydrogen (secondary N) is 1. The van der Waals surface area contributed by atoms with E-state index in [4.69, 9.17) is 4.74 Å². The van der Waals surface area contributed by atoms with Gasteiger partial charge in [-0.25, -0.2) is 0 Å². The molecule has 1 aromatic heterocycles. The van der Waals surface area contributed by atoms with Crippen molar-refractivity contribution in [2.75, 3.05) is 7.05 Å². The average molecular weight is 252 g/mol. The van der Waals surface area contributed by atoms with E-state index < -0.39 is 6.10 Å². The highest BCUT2D eigenvalue weighted by Crippen LogP contribution is 2.28. The normalized spacial score (nSPS) is 14.6. The highest BCUT2D eigenvalue weighted by Gasteiger charge is 2.22. The molecule has 1 aromatic rings. The van der Waals surface area contributed by atoms with E-state index in [0.717, 1.165) is 18.4 Å². The number of hydrogen-bond donors (Lipinski definition) is 2. The summed E-state index contributed by atoms with van der Waals surface area (Å²) < 4.78 is 5.71. The second-order valence-electron chi connectivity index (χ2n) is 4.71. The maximum atomic E-state index is 10.4. The molecule has 0 saturated carbocycles. The molecule has 0 bridgehead atoms. The number of nitrogens with zero attached hydrogens (tertiary/aromatic N) is 1. The van der Waals surface area contributed by atoms with Gasteiger partial charge in [0.25, 0.3) is 0 Å². The molecule has 1 unspecified atom stereocenters. The van der Waals surface area contributed by atoms with Crippen molar-refractivity contribution < 1.29 is 9.84 Å². The summed E-state index contributed by atoms with van der Waals surface area (Å²) in [4.78, 5) is 4.08. The zero-order chi connectivity index (χ0) is 13.5. The van der Waals surface area contributed by atoms with E-state index in [1.165, 1.54) is 0 Å². The molecule has 0 spiro atoms. The largest absolute Gasteiger partial charge is 0.491 e. The van der Waals surface area contributed by atoms with E-state index in [9.17, 15) is 5.11 Å². The predicted molar refractivity (Wildman–Crippen MR) is 72.7 cm³/mol. The van der Waals surface area contributed by atoms with Crippen molar-refractivity contribution in [1.29, 1.82) is 0 Å². The Bertz CT molecular complexity index is 355. The molecule has 0 radical (unpaired) electrons. The molecule has 2 atom stereocenters. The molecule has 1 heterocycles. The summed E-state index contributed by atoms with van der Waals surface area (Å²) in [6.07, 6.45) is 4.77. The molecule has 18 heavy (non-hydrogen) atoms. The lowest BCUT2D eigenvalue weighted by atomic mass is 9.99. The summed E-state index contributed by atoms with van der Waals surface area (Å²) in [5.41, 5.74) is 0.749.